The van der Waals surface area contributed by atoms with E-state index in [4.69, 9.17) is 19.2 Å². The van der Waals surface area contributed by atoms with Crippen molar-refractivity contribution in [3.05, 3.63) is 0 Å². The van der Waals surface area contributed by atoms with Gasteiger partial charge in [-0.3, -0.25) is 0 Å². The molecule has 0 spiro atoms. The molecule has 0 radical (unpaired) electrons. The molecule has 0 amide bonds. The summed E-state index contributed by atoms with van der Waals surface area (Å²) >= 11 is 0. The normalized spacial score (nSPS) is 7.73. The van der Waals surface area contributed by atoms with Crippen molar-refractivity contribution in [1.29, 1.82) is 0 Å². The van der Waals surface area contributed by atoms with Gasteiger partial charge >= 0.3 is 66.9 Å². The van der Waals surface area contributed by atoms with Gasteiger partial charge < -0.3 is 19.5 Å². The second-order valence-electron chi connectivity index (χ2n) is 1.42. The minimum atomic E-state index is -4.64. The zero-order valence-electron chi connectivity index (χ0n) is 5.11. The molecule has 3 N–H and O–H groups in total. The van der Waals surface area contributed by atoms with E-state index in [0.29, 0.717) is 0 Å². The van der Waals surface area contributed by atoms with Crippen LogP contribution in [0.4, 0.5) is 0 Å². The van der Waals surface area contributed by atoms with Crippen LogP contribution in [0.1, 0.15) is 13.8 Å². The van der Waals surface area contributed by atoms with E-state index in [-0.39, 0.29) is 64.9 Å². The summed E-state index contributed by atoms with van der Waals surface area (Å²) < 4.78 is 8.88. The van der Waals surface area contributed by atoms with Crippen LogP contribution in [0.25, 0.3) is 0 Å². The first-order chi connectivity index (χ1) is 3.73. The Labute approximate surface area is 109 Å². The van der Waals surface area contributed by atoms with E-state index < -0.39 is 7.82 Å². The Morgan fingerprint density at radius 2 is 1.09 bits per heavy atom. The number of ketones is 1. The molecule has 0 aliphatic carbocycles. The fraction of sp³-hybridized carbons (Fsp3) is 0.667. The van der Waals surface area contributed by atoms with Gasteiger partial charge in [0.25, 0.3) is 0 Å². The van der Waals surface area contributed by atoms with Gasteiger partial charge in [0.2, 0.25) is 0 Å². The molecule has 5 nitrogen and oxygen atoms in total. The number of rotatable bonds is 0. The summed E-state index contributed by atoms with van der Waals surface area (Å²) in [4.78, 5) is 31.0. The summed E-state index contributed by atoms with van der Waals surface area (Å²) in [5.74, 6) is 0.167. The van der Waals surface area contributed by atoms with Crippen LogP contribution < -0.4 is 0 Å². The molecule has 0 atom stereocenters. The maximum absolute atomic E-state index is 9.44. The van der Waals surface area contributed by atoms with Gasteiger partial charge in [-0.2, -0.15) is 0 Å². The fourth-order valence-corrected chi connectivity index (χ4v) is 0. The number of carbonyl (C=O) groups excluding carboxylic acids is 1. The number of carbonyl (C=O) groups is 1. The summed E-state index contributed by atoms with van der Waals surface area (Å²) in [6.07, 6.45) is 0. The maximum atomic E-state index is 9.44. The molecule has 0 bridgehead atoms. The Kier molecular flexibility index (Phi) is 24.6. The van der Waals surface area contributed by atoms with E-state index in [1.165, 1.54) is 13.8 Å². The Hall–Kier alpha value is 1.78. The van der Waals surface area contributed by atoms with Crippen molar-refractivity contribution in [2.45, 2.75) is 13.8 Å². The molecule has 60 valence electrons. The summed E-state index contributed by atoms with van der Waals surface area (Å²) in [5, 5.41) is 0. The van der Waals surface area contributed by atoms with E-state index in [9.17, 15) is 4.79 Å². The van der Waals surface area contributed by atoms with Gasteiger partial charge in [0, 0.05) is 0 Å². The predicted octanol–water partition coefficient (Wildman–Crippen LogP) is -1.63. The molecule has 0 fully saturated rings. The van der Waals surface area contributed by atoms with Crippen molar-refractivity contribution in [3.8, 4) is 0 Å². The third kappa shape index (κ3) is 356. The first-order valence-corrected chi connectivity index (χ1v) is 3.55. The number of hydrogen-bond donors (Lipinski definition) is 3. The Morgan fingerprint density at radius 1 is 1.09 bits per heavy atom. The van der Waals surface area contributed by atoms with E-state index in [0.717, 1.165) is 0 Å². The average Bonchev–Trinajstić information content (AvgIpc) is 1.19. The first-order valence-electron chi connectivity index (χ1n) is 1.99. The number of phosphoric acid groups is 1. The molecule has 0 rings (SSSR count). The zero-order valence-corrected chi connectivity index (χ0v) is 6.00. The predicted molar refractivity (Wildman–Crippen MR) is 44.9 cm³/mol. The van der Waals surface area contributed by atoms with E-state index >= 15 is 0 Å². The second kappa shape index (κ2) is 11.8. The standard InChI is InChI=1S/C3H6O.2Na.H3O4P.2H/c1-3(2)4;;;1-5(2,3)4;;/h1-2H3;;;(H3,1,2,3,4);;. The molecule has 11 heavy (non-hydrogen) atoms. The van der Waals surface area contributed by atoms with Gasteiger partial charge in [0.1, 0.15) is 5.78 Å². The molecule has 0 heterocycles. The van der Waals surface area contributed by atoms with Crippen molar-refractivity contribution in [2.24, 2.45) is 0 Å². The van der Waals surface area contributed by atoms with Crippen molar-refractivity contribution in [2.75, 3.05) is 0 Å². The van der Waals surface area contributed by atoms with Crippen LogP contribution in [0.2, 0.25) is 0 Å². The van der Waals surface area contributed by atoms with Crippen LogP contribution >= 0.6 is 7.82 Å². The summed E-state index contributed by atoms with van der Waals surface area (Å²) in [6.45, 7) is 3.06. The van der Waals surface area contributed by atoms with Crippen LogP contribution in [0.3, 0.4) is 0 Å². The second-order valence-corrected chi connectivity index (χ2v) is 2.45. The van der Waals surface area contributed by atoms with Gasteiger partial charge in [0.05, 0.1) is 0 Å². The van der Waals surface area contributed by atoms with Crippen LogP contribution in [0.15, 0.2) is 0 Å². The molecule has 0 aromatic rings. The average molecular weight is 204 g/mol. The van der Waals surface area contributed by atoms with Crippen LogP contribution in [-0.4, -0.2) is 79.6 Å². The van der Waals surface area contributed by atoms with Crippen LogP contribution in [0.5, 0.6) is 0 Å². The Bertz CT molecular complexity index is 119. The molecule has 8 heteroatoms. The third-order valence-electron chi connectivity index (χ3n) is 0. The molecule has 0 aromatic heterocycles. The van der Waals surface area contributed by atoms with E-state index in [2.05, 4.69) is 0 Å². The minimum absolute atomic E-state index is 0. The quantitative estimate of drug-likeness (QED) is 0.325. The van der Waals surface area contributed by atoms with Gasteiger partial charge in [-0.25, -0.2) is 4.57 Å². The Morgan fingerprint density at radius 3 is 1.09 bits per heavy atom. The molecular formula is C3H11Na2O5P. The summed E-state index contributed by atoms with van der Waals surface area (Å²) in [5.41, 5.74) is 0. The van der Waals surface area contributed by atoms with E-state index in [1.807, 2.05) is 0 Å². The van der Waals surface area contributed by atoms with Crippen molar-refractivity contribution in [1.82, 2.24) is 0 Å². The molecule has 0 unspecified atom stereocenters. The molecule has 0 aromatic carbocycles. The SMILES string of the molecule is CC(C)=O.O=P(O)(O)O.[NaH].[NaH]. The van der Waals surface area contributed by atoms with Gasteiger partial charge in [0.15, 0.2) is 0 Å². The van der Waals surface area contributed by atoms with Crippen LogP contribution in [0, 0.1) is 0 Å². The van der Waals surface area contributed by atoms with Gasteiger partial charge in [-0.15, -0.1) is 0 Å². The molecule has 0 saturated carbocycles. The van der Waals surface area contributed by atoms with Crippen molar-refractivity contribution in [3.63, 3.8) is 0 Å². The van der Waals surface area contributed by atoms with Crippen molar-refractivity contribution < 1.29 is 24.0 Å². The van der Waals surface area contributed by atoms with Crippen molar-refractivity contribution >= 4 is 72.7 Å². The van der Waals surface area contributed by atoms with E-state index in [1.54, 1.807) is 0 Å². The number of hydrogen-bond acceptors (Lipinski definition) is 2. The third-order valence-corrected chi connectivity index (χ3v) is 0. The zero-order chi connectivity index (χ0) is 8.08. The first kappa shape index (κ1) is 23.0. The molecule has 0 aliphatic heterocycles. The van der Waals surface area contributed by atoms with Gasteiger partial charge in [-0.05, 0) is 13.8 Å². The summed E-state index contributed by atoms with van der Waals surface area (Å²) in [7, 11) is -4.64. The fourth-order valence-electron chi connectivity index (χ4n) is 0. The number of Topliss-reactive ketones (excluding diaryl/α,β-unsaturated/α-hetero) is 1. The summed E-state index contributed by atoms with van der Waals surface area (Å²) in [6, 6.07) is 0. The van der Waals surface area contributed by atoms with Gasteiger partial charge in [-0.1, -0.05) is 0 Å². The molecule has 0 aliphatic rings. The monoisotopic (exact) mass is 204 g/mol. The Balaban J connectivity index is -0.0000000383. The van der Waals surface area contributed by atoms with Crippen LogP contribution in [-0.2, 0) is 9.36 Å². The molecular weight excluding hydrogens is 193 g/mol. The molecule has 0 saturated heterocycles. The topological polar surface area (TPSA) is 94.8 Å².